The van der Waals surface area contributed by atoms with Crippen molar-refractivity contribution in [1.82, 2.24) is 9.47 Å². The highest BCUT2D eigenvalue weighted by Gasteiger charge is 2.51. The minimum absolute atomic E-state index is 0.0379. The van der Waals surface area contributed by atoms with Gasteiger partial charge in [-0.3, -0.25) is 14.2 Å². The molecule has 0 aliphatic carbocycles. The van der Waals surface area contributed by atoms with E-state index < -0.39 is 14.5 Å². The van der Waals surface area contributed by atoms with Gasteiger partial charge in [0.1, 0.15) is 0 Å². The zero-order valence-electron chi connectivity index (χ0n) is 24.3. The molecular formula is C32H41FN2O5Si. The maximum atomic E-state index is 15.7. The zero-order chi connectivity index (χ0) is 29.6. The zero-order valence-corrected chi connectivity index (χ0v) is 25.3. The van der Waals surface area contributed by atoms with Crippen LogP contribution in [0.4, 0.5) is 4.11 Å². The molecule has 4 rings (SSSR count). The van der Waals surface area contributed by atoms with E-state index in [0.717, 1.165) is 16.8 Å². The largest absolute Gasteiger partial charge is 0.491 e. The van der Waals surface area contributed by atoms with Crippen LogP contribution in [-0.2, 0) is 22.5 Å². The van der Waals surface area contributed by atoms with Crippen LogP contribution in [0.3, 0.4) is 0 Å². The van der Waals surface area contributed by atoms with Crippen molar-refractivity contribution >= 4 is 14.3 Å². The average Bonchev–Trinajstić information content (AvgIpc) is 3.27. The van der Waals surface area contributed by atoms with Gasteiger partial charge in [-0.05, 0) is 67.2 Å². The summed E-state index contributed by atoms with van der Waals surface area (Å²) in [5, 5.41) is 9.60. The van der Waals surface area contributed by atoms with Crippen molar-refractivity contribution < 1.29 is 23.5 Å². The topological polar surface area (TPSA) is 81.0 Å². The van der Waals surface area contributed by atoms with Gasteiger partial charge in [0, 0.05) is 30.5 Å². The molecule has 1 amide bonds. The maximum Gasteiger partial charge on any atom is 0.297 e. The van der Waals surface area contributed by atoms with Gasteiger partial charge in [-0.15, -0.1) is 0 Å². The number of nitrogens with zero attached hydrogens (tertiary/aromatic N) is 2. The van der Waals surface area contributed by atoms with Crippen molar-refractivity contribution in [1.29, 1.82) is 0 Å². The van der Waals surface area contributed by atoms with E-state index >= 15 is 4.11 Å². The molecule has 0 bridgehead atoms. The summed E-state index contributed by atoms with van der Waals surface area (Å²) in [5.74, 6) is 0.0987. The molecule has 1 fully saturated rings. The quantitative estimate of drug-likeness (QED) is 0.237. The van der Waals surface area contributed by atoms with Crippen molar-refractivity contribution in [2.45, 2.75) is 63.6 Å². The predicted molar refractivity (Wildman–Crippen MR) is 161 cm³/mol. The van der Waals surface area contributed by atoms with Gasteiger partial charge in [0.15, 0.2) is 5.75 Å². The fourth-order valence-electron chi connectivity index (χ4n) is 6.10. The number of hydrogen-bond acceptors (Lipinski definition) is 5. The molecule has 1 aromatic heterocycles. The van der Waals surface area contributed by atoms with Gasteiger partial charge >= 0.3 is 0 Å². The molecular weight excluding hydrogens is 539 g/mol. The Balaban J connectivity index is 1.46. The number of aliphatic hydroxyl groups is 1. The molecule has 41 heavy (non-hydrogen) atoms. The first-order chi connectivity index (χ1) is 19.6. The number of hydrogen-bond donors (Lipinski definition) is 1. The third-order valence-electron chi connectivity index (χ3n) is 8.05. The number of aryl methyl sites for hydroxylation is 1. The van der Waals surface area contributed by atoms with Crippen molar-refractivity contribution in [3.63, 3.8) is 0 Å². The monoisotopic (exact) mass is 580 g/mol. The van der Waals surface area contributed by atoms with Crippen molar-refractivity contribution in [2.75, 3.05) is 20.3 Å². The second kappa shape index (κ2) is 13.6. The summed E-state index contributed by atoms with van der Waals surface area (Å²) in [7, 11) is -1.68. The lowest BCUT2D eigenvalue weighted by molar-refractivity contribution is -0.135. The summed E-state index contributed by atoms with van der Waals surface area (Å²) in [5.41, 5.74) is 2.22. The Morgan fingerprint density at radius 2 is 1.80 bits per heavy atom. The van der Waals surface area contributed by atoms with E-state index in [1.165, 1.54) is 7.11 Å². The molecule has 2 aromatic carbocycles. The second-order valence-corrected chi connectivity index (χ2v) is 15.1. The van der Waals surface area contributed by atoms with Crippen LogP contribution in [0.25, 0.3) is 5.69 Å². The fraction of sp³-hybridized carbons (Fsp3) is 0.438. The normalized spacial score (nSPS) is 20.6. The molecule has 0 spiro atoms. The van der Waals surface area contributed by atoms with Gasteiger partial charge in [-0.25, -0.2) is 0 Å². The Bertz CT molecular complexity index is 1360. The number of carbonyl (C=O) groups is 1. The Hall–Kier alpha value is -3.27. The van der Waals surface area contributed by atoms with E-state index in [4.69, 9.17) is 9.47 Å². The average molecular weight is 581 g/mol. The summed E-state index contributed by atoms with van der Waals surface area (Å²) in [4.78, 5) is 27.7. The van der Waals surface area contributed by atoms with Crippen LogP contribution >= 0.6 is 0 Å². The van der Waals surface area contributed by atoms with E-state index in [1.54, 1.807) is 40.9 Å². The van der Waals surface area contributed by atoms with Crippen LogP contribution in [0.5, 0.6) is 5.75 Å². The van der Waals surface area contributed by atoms with E-state index in [2.05, 4.69) is 0 Å². The molecule has 1 aliphatic heterocycles. The van der Waals surface area contributed by atoms with Crippen LogP contribution in [-0.4, -0.2) is 61.4 Å². The van der Waals surface area contributed by atoms with Crippen molar-refractivity contribution in [3.05, 3.63) is 94.4 Å². The van der Waals surface area contributed by atoms with E-state index in [1.807, 2.05) is 61.5 Å². The van der Waals surface area contributed by atoms with Gasteiger partial charge < -0.3 is 23.6 Å². The highest BCUT2D eigenvalue weighted by Crippen LogP contribution is 2.47. The number of benzene rings is 2. The first-order valence-corrected chi connectivity index (χ1v) is 17.2. The standard InChI is InChI=1S/C32H41FN2O5Si/c1-23-27(16-15-24-12-8-13-26(20-24)35-17-9-14-28(39-2)32(35)38)40-29(31(23)41(3,4)33)21-30(37)34(18-19-36)22-25-10-6-5-7-11-25/h5-14,17,20,23,27,29,31,36H,15-16,18-19,21-22H2,1-4H3/t23-,27+,29-,31+/m0/s1. The predicted octanol–water partition coefficient (Wildman–Crippen LogP) is 5.14. The first kappa shape index (κ1) is 30.7. The summed E-state index contributed by atoms with van der Waals surface area (Å²) in [6.45, 7) is 5.89. The summed E-state index contributed by atoms with van der Waals surface area (Å²) in [6, 6.07) is 20.8. The first-order valence-electron chi connectivity index (χ1n) is 14.2. The van der Waals surface area contributed by atoms with Crippen LogP contribution in [0.15, 0.2) is 77.7 Å². The lowest BCUT2D eigenvalue weighted by Gasteiger charge is -2.30. The molecule has 1 aliphatic rings. The number of carbonyl (C=O) groups excluding carboxylic acids is 1. The molecule has 9 heteroatoms. The number of ether oxygens (including phenoxy) is 2. The molecule has 1 N–H and O–H groups in total. The number of halogens is 1. The van der Waals surface area contributed by atoms with Gasteiger partial charge in [0.05, 0.1) is 32.3 Å². The highest BCUT2D eigenvalue weighted by atomic mass is 28.4. The number of rotatable bonds is 12. The Labute approximate surface area is 242 Å². The lowest BCUT2D eigenvalue weighted by Crippen LogP contribution is -2.40. The summed E-state index contributed by atoms with van der Waals surface area (Å²) < 4.78 is 28.9. The van der Waals surface area contributed by atoms with E-state index in [0.29, 0.717) is 19.4 Å². The minimum atomic E-state index is -3.16. The molecule has 1 saturated heterocycles. The van der Waals surface area contributed by atoms with Gasteiger partial charge in [0.2, 0.25) is 14.3 Å². The number of aromatic nitrogens is 1. The van der Waals surface area contributed by atoms with Crippen LogP contribution in [0, 0.1) is 5.92 Å². The third-order valence-corrected chi connectivity index (χ3v) is 10.5. The second-order valence-electron chi connectivity index (χ2n) is 11.4. The van der Waals surface area contributed by atoms with E-state index in [9.17, 15) is 14.7 Å². The number of pyridine rings is 1. The molecule has 220 valence electrons. The lowest BCUT2D eigenvalue weighted by atomic mass is 9.95. The van der Waals surface area contributed by atoms with Gasteiger partial charge in [0.25, 0.3) is 5.56 Å². The van der Waals surface area contributed by atoms with Gasteiger partial charge in [-0.1, -0.05) is 49.4 Å². The summed E-state index contributed by atoms with van der Waals surface area (Å²) >= 11 is 0. The molecule has 3 aromatic rings. The number of aliphatic hydroxyl groups excluding tert-OH is 1. The molecule has 2 heterocycles. The van der Waals surface area contributed by atoms with Crippen molar-refractivity contribution in [2.24, 2.45) is 5.92 Å². The third kappa shape index (κ3) is 7.52. The van der Waals surface area contributed by atoms with Crippen LogP contribution in [0.2, 0.25) is 18.6 Å². The van der Waals surface area contributed by atoms with Crippen LogP contribution in [0.1, 0.15) is 30.9 Å². The molecule has 0 radical (unpaired) electrons. The Morgan fingerprint density at radius 1 is 1.07 bits per heavy atom. The van der Waals surface area contributed by atoms with Gasteiger partial charge in [-0.2, -0.15) is 0 Å². The molecule has 7 nitrogen and oxygen atoms in total. The number of methoxy groups -OCH3 is 1. The van der Waals surface area contributed by atoms with E-state index in [-0.39, 0.29) is 54.4 Å². The molecule has 4 atom stereocenters. The Kier molecular flexibility index (Phi) is 10.2. The van der Waals surface area contributed by atoms with Crippen molar-refractivity contribution in [3.8, 4) is 11.4 Å². The summed E-state index contributed by atoms with van der Waals surface area (Å²) in [6.07, 6.45) is 2.47. The highest BCUT2D eigenvalue weighted by molar-refractivity contribution is 6.72. The van der Waals surface area contributed by atoms with Crippen LogP contribution < -0.4 is 10.3 Å². The molecule has 0 unspecified atom stereocenters. The maximum absolute atomic E-state index is 15.7. The smallest absolute Gasteiger partial charge is 0.297 e. The minimum Gasteiger partial charge on any atom is -0.491 e. The number of amides is 1. The fourth-order valence-corrected chi connectivity index (χ4v) is 8.64. The molecule has 0 saturated carbocycles. The SMILES string of the molecule is COc1cccn(-c2cccc(CC[C@H]3O[C@@H](CC(=O)N(CCO)Cc4ccccc4)[C@H]([Si](C)(C)F)[C@H]3C)c2)c1=O. The Morgan fingerprint density at radius 3 is 2.49 bits per heavy atom.